The summed E-state index contributed by atoms with van der Waals surface area (Å²) in [6, 6.07) is 41.5. The van der Waals surface area contributed by atoms with Crippen LogP contribution in [-0.2, 0) is 0 Å². The normalized spacial score (nSPS) is 13.4. The quantitative estimate of drug-likeness (QED) is 0.0704. The molecule has 4 aromatic carbocycles. The molecule has 0 bridgehead atoms. The number of hydrogen-bond acceptors (Lipinski definition) is 3. The van der Waals surface area contributed by atoms with Gasteiger partial charge in [-0.25, -0.2) is 4.99 Å². The van der Waals surface area contributed by atoms with Crippen LogP contribution < -0.4 is 0 Å². The van der Waals surface area contributed by atoms with Crippen molar-refractivity contribution < 1.29 is 0 Å². The van der Waals surface area contributed by atoms with E-state index in [-0.39, 0.29) is 6.42 Å². The van der Waals surface area contributed by atoms with Crippen LogP contribution in [0.15, 0.2) is 199 Å². The van der Waals surface area contributed by atoms with E-state index in [1.807, 2.05) is 123 Å². The Labute approximate surface area is 322 Å². The fourth-order valence-electron chi connectivity index (χ4n) is 5.92. The van der Waals surface area contributed by atoms with Crippen LogP contribution in [0.4, 0.5) is 0 Å². The van der Waals surface area contributed by atoms with Crippen molar-refractivity contribution >= 4 is 28.1 Å². The highest BCUT2D eigenvalue weighted by atomic mass is 14.8. The van der Waals surface area contributed by atoms with Crippen LogP contribution in [-0.4, -0.2) is 5.71 Å². The SMILES string of the molecule is C=C\C(=C/C(=C\CC#N)/C=C/C(C#N)=C\C(=C/C)C(/C=C(\C)c1ccccc1)=NC(=C)c1ccccc1)c1cc(/C(=C/C)CC)cc(-c2ccccc2)c1. The van der Waals surface area contributed by atoms with E-state index in [9.17, 15) is 10.5 Å². The van der Waals surface area contributed by atoms with Crippen molar-refractivity contribution in [2.45, 2.75) is 40.5 Å². The Hall–Kier alpha value is -6.81. The molecule has 266 valence electrons. The molecule has 54 heavy (non-hydrogen) atoms. The van der Waals surface area contributed by atoms with Crippen LogP contribution in [0.25, 0.3) is 33.5 Å². The molecule has 3 heteroatoms. The van der Waals surface area contributed by atoms with Crippen LogP contribution >= 0.6 is 0 Å². The first-order valence-electron chi connectivity index (χ1n) is 18.1. The van der Waals surface area contributed by atoms with Gasteiger partial charge in [-0.2, -0.15) is 10.5 Å². The molecule has 0 saturated carbocycles. The van der Waals surface area contributed by atoms with Crippen LogP contribution in [0.1, 0.15) is 62.8 Å². The molecule has 0 amide bonds. The number of aliphatic imine (C=N–C) groups is 1. The maximum atomic E-state index is 10.4. The van der Waals surface area contributed by atoms with Crippen LogP contribution in [0.5, 0.6) is 0 Å². The summed E-state index contributed by atoms with van der Waals surface area (Å²) in [5.74, 6) is 0. The Morgan fingerprint density at radius 1 is 0.722 bits per heavy atom. The van der Waals surface area contributed by atoms with Crippen LogP contribution in [0, 0.1) is 22.7 Å². The Morgan fingerprint density at radius 2 is 1.35 bits per heavy atom. The molecule has 0 atom stereocenters. The third-order valence-corrected chi connectivity index (χ3v) is 8.89. The van der Waals surface area contributed by atoms with Gasteiger partial charge in [0.2, 0.25) is 0 Å². The number of benzene rings is 4. The molecule has 0 heterocycles. The van der Waals surface area contributed by atoms with Gasteiger partial charge in [0, 0.05) is 0 Å². The average Bonchev–Trinajstić information content (AvgIpc) is 3.22. The summed E-state index contributed by atoms with van der Waals surface area (Å²) in [4.78, 5) is 4.98. The smallest absolute Gasteiger partial charge is 0.0991 e. The monoisotopic (exact) mass is 701 g/mol. The second kappa shape index (κ2) is 20.9. The second-order valence-corrected chi connectivity index (χ2v) is 12.5. The van der Waals surface area contributed by atoms with Gasteiger partial charge in [0.25, 0.3) is 0 Å². The first-order chi connectivity index (χ1) is 26.3. The molecular formula is C51H47N3. The summed E-state index contributed by atoms with van der Waals surface area (Å²) in [5, 5.41) is 19.9. The number of nitriles is 2. The summed E-state index contributed by atoms with van der Waals surface area (Å²) >= 11 is 0. The third kappa shape index (κ3) is 11.3. The molecule has 0 radical (unpaired) electrons. The van der Waals surface area contributed by atoms with E-state index in [2.05, 4.69) is 87.7 Å². The molecule has 0 aliphatic heterocycles. The van der Waals surface area contributed by atoms with Crippen molar-refractivity contribution in [3.63, 3.8) is 0 Å². The van der Waals surface area contributed by atoms with E-state index in [1.54, 1.807) is 6.08 Å². The zero-order chi connectivity index (χ0) is 38.7. The van der Waals surface area contributed by atoms with Gasteiger partial charge in [-0.1, -0.05) is 141 Å². The summed E-state index contributed by atoms with van der Waals surface area (Å²) in [6.45, 7) is 16.6. The minimum absolute atomic E-state index is 0.210. The van der Waals surface area contributed by atoms with Gasteiger partial charge in [-0.3, -0.25) is 0 Å². The summed E-state index contributed by atoms with van der Waals surface area (Å²) < 4.78 is 0. The maximum Gasteiger partial charge on any atom is 0.0991 e. The highest BCUT2D eigenvalue weighted by Crippen LogP contribution is 2.31. The molecule has 0 aliphatic carbocycles. The summed E-state index contributed by atoms with van der Waals surface area (Å²) in [6.07, 6.45) is 18.5. The molecular weight excluding hydrogens is 655 g/mol. The predicted octanol–water partition coefficient (Wildman–Crippen LogP) is 13.7. The highest BCUT2D eigenvalue weighted by molar-refractivity contribution is 6.15. The lowest BCUT2D eigenvalue weighted by molar-refractivity contribution is 1.23. The van der Waals surface area contributed by atoms with Crippen LogP contribution in [0.2, 0.25) is 0 Å². The van der Waals surface area contributed by atoms with Gasteiger partial charge in [0.05, 0.1) is 35.5 Å². The van der Waals surface area contributed by atoms with E-state index in [1.165, 1.54) is 5.57 Å². The number of rotatable bonds is 15. The lowest BCUT2D eigenvalue weighted by atomic mass is 9.91. The van der Waals surface area contributed by atoms with Gasteiger partial charge < -0.3 is 0 Å². The first kappa shape index (κ1) is 40.0. The largest absolute Gasteiger partial charge is 0.248 e. The molecule has 0 aliphatic rings. The lowest BCUT2D eigenvalue weighted by Gasteiger charge is -2.13. The van der Waals surface area contributed by atoms with E-state index < -0.39 is 0 Å². The molecule has 0 saturated heterocycles. The van der Waals surface area contributed by atoms with E-state index in [4.69, 9.17) is 4.99 Å². The predicted molar refractivity (Wildman–Crippen MR) is 232 cm³/mol. The van der Waals surface area contributed by atoms with Gasteiger partial charge in [-0.15, -0.1) is 0 Å². The van der Waals surface area contributed by atoms with Crippen molar-refractivity contribution in [3.05, 3.63) is 216 Å². The zero-order valence-corrected chi connectivity index (χ0v) is 31.8. The lowest BCUT2D eigenvalue weighted by Crippen LogP contribution is -2.00. The second-order valence-electron chi connectivity index (χ2n) is 12.5. The summed E-state index contributed by atoms with van der Waals surface area (Å²) in [7, 11) is 0. The Bertz CT molecular complexity index is 2270. The molecule has 4 rings (SSSR count). The fraction of sp³-hybridized carbons (Fsp3) is 0.118. The standard InChI is InChI=1S/C51H47N3/c1-7-42(8-2)48-34-49(36-50(35-48)47-26-18-13-19-27-47)43(9-3)32-40(21-20-30-52)28-29-41(37-53)33-44(10-4)51(31-38(5)45-22-14-11-15-23-45)54-39(6)46-24-16-12-17-25-46/h7,9-19,21-29,31-36H,3,6,8,20H2,1-2,4-5H3/b29-28+,38-31+,40-21-,41-33+,42-7+,43-32+,44-10+,54-51?. The number of allylic oxidation sites excluding steroid dienone is 15. The molecule has 0 aromatic heterocycles. The minimum Gasteiger partial charge on any atom is -0.248 e. The number of hydrogen-bond donors (Lipinski definition) is 0. The van der Waals surface area contributed by atoms with Gasteiger partial charge in [0.1, 0.15) is 0 Å². The fourth-order valence-corrected chi connectivity index (χ4v) is 5.92. The topological polar surface area (TPSA) is 59.9 Å². The molecule has 4 aromatic rings. The van der Waals surface area contributed by atoms with Crippen molar-refractivity contribution in [3.8, 4) is 23.3 Å². The minimum atomic E-state index is 0.210. The van der Waals surface area contributed by atoms with Crippen molar-refractivity contribution in [2.24, 2.45) is 4.99 Å². The van der Waals surface area contributed by atoms with E-state index >= 15 is 0 Å². The molecule has 0 spiro atoms. The summed E-state index contributed by atoms with van der Waals surface area (Å²) in [5.41, 5.74) is 12.9. The van der Waals surface area contributed by atoms with Gasteiger partial charge >= 0.3 is 0 Å². The third-order valence-electron chi connectivity index (χ3n) is 8.89. The Balaban J connectivity index is 1.78. The van der Waals surface area contributed by atoms with Gasteiger partial charge in [0.15, 0.2) is 0 Å². The van der Waals surface area contributed by atoms with Crippen molar-refractivity contribution in [1.29, 1.82) is 10.5 Å². The van der Waals surface area contributed by atoms with Crippen molar-refractivity contribution in [2.75, 3.05) is 0 Å². The molecule has 0 unspecified atom stereocenters. The zero-order valence-electron chi connectivity index (χ0n) is 31.8. The molecule has 0 fully saturated rings. The van der Waals surface area contributed by atoms with Crippen LogP contribution in [0.3, 0.4) is 0 Å². The highest BCUT2D eigenvalue weighted by Gasteiger charge is 2.10. The number of nitrogens with zero attached hydrogens (tertiary/aromatic N) is 3. The van der Waals surface area contributed by atoms with E-state index in [0.29, 0.717) is 17.0 Å². The first-order valence-corrected chi connectivity index (χ1v) is 18.1. The van der Waals surface area contributed by atoms with E-state index in [0.717, 1.165) is 62.1 Å². The maximum absolute atomic E-state index is 10.4. The Kier molecular flexibility index (Phi) is 15.5. The average molecular weight is 702 g/mol. The van der Waals surface area contributed by atoms with Crippen molar-refractivity contribution in [1.82, 2.24) is 0 Å². The molecule has 0 N–H and O–H groups in total. The van der Waals surface area contributed by atoms with Gasteiger partial charge in [-0.05, 0) is 131 Å². The molecule has 3 nitrogen and oxygen atoms in total. The Morgan fingerprint density at radius 3 is 1.93 bits per heavy atom.